The van der Waals surface area contributed by atoms with Crippen LogP contribution in [-0.4, -0.2) is 38.0 Å². The Labute approximate surface area is 83.8 Å². The van der Waals surface area contributed by atoms with Crippen molar-refractivity contribution in [1.29, 1.82) is 0 Å². The molecule has 0 spiro atoms. The van der Waals surface area contributed by atoms with E-state index >= 15 is 0 Å². The van der Waals surface area contributed by atoms with E-state index in [1.54, 1.807) is 0 Å². The second kappa shape index (κ2) is 8.93. The van der Waals surface area contributed by atoms with Gasteiger partial charge < -0.3 is 9.47 Å². The molecule has 2 nitrogen and oxygen atoms in total. The predicted molar refractivity (Wildman–Crippen MR) is 59.9 cm³/mol. The molecule has 3 heteroatoms. The quantitative estimate of drug-likeness (QED) is 0.449. The summed E-state index contributed by atoms with van der Waals surface area (Å²) in [6.45, 7) is 10.1. The van der Waals surface area contributed by atoms with Crippen molar-refractivity contribution in [3.05, 3.63) is 0 Å². The highest BCUT2D eigenvalue weighted by Gasteiger charge is 2.13. The van der Waals surface area contributed by atoms with Gasteiger partial charge in [-0.3, -0.25) is 0 Å². The van der Waals surface area contributed by atoms with Gasteiger partial charge in [-0.1, -0.05) is 13.8 Å². The lowest BCUT2D eigenvalue weighted by Gasteiger charge is -2.21. The molecule has 80 valence electrons. The summed E-state index contributed by atoms with van der Waals surface area (Å²) in [5, 5.41) is 0. The van der Waals surface area contributed by atoms with Crippen LogP contribution in [0.1, 0.15) is 27.7 Å². The minimum Gasteiger partial charge on any atom is -0.353 e. The van der Waals surface area contributed by atoms with Crippen molar-refractivity contribution in [2.75, 3.05) is 31.7 Å². The maximum Gasteiger partial charge on any atom is 0.161 e. The van der Waals surface area contributed by atoms with Crippen LogP contribution >= 0.6 is 7.92 Å². The van der Waals surface area contributed by atoms with Crippen LogP contribution in [0.2, 0.25) is 0 Å². The van der Waals surface area contributed by atoms with Gasteiger partial charge in [-0.25, -0.2) is 0 Å². The molecule has 0 heterocycles. The van der Waals surface area contributed by atoms with E-state index < -0.39 is 0 Å². The molecule has 0 aromatic rings. The molecule has 0 aromatic carbocycles. The third kappa shape index (κ3) is 6.42. The molecule has 0 amide bonds. The van der Waals surface area contributed by atoms with Gasteiger partial charge in [0.25, 0.3) is 0 Å². The first-order chi connectivity index (χ1) is 6.28. The van der Waals surface area contributed by atoms with Crippen molar-refractivity contribution < 1.29 is 9.47 Å². The first-order valence-corrected chi connectivity index (χ1v) is 7.13. The Hall–Kier alpha value is 0.350. The molecular formula is C10H23O2P. The average molecular weight is 206 g/mol. The summed E-state index contributed by atoms with van der Waals surface area (Å²) in [6.07, 6.45) is 3.70. The number of ether oxygens (including phenoxy) is 2. The zero-order valence-corrected chi connectivity index (χ0v) is 10.3. The van der Waals surface area contributed by atoms with Crippen LogP contribution in [0.4, 0.5) is 0 Å². The van der Waals surface area contributed by atoms with Gasteiger partial charge in [-0.2, -0.15) is 0 Å². The Morgan fingerprint density at radius 1 is 0.923 bits per heavy atom. The summed E-state index contributed by atoms with van der Waals surface area (Å²) < 4.78 is 11.0. The monoisotopic (exact) mass is 206 g/mol. The van der Waals surface area contributed by atoms with Crippen molar-refractivity contribution in [1.82, 2.24) is 0 Å². The summed E-state index contributed by atoms with van der Waals surface area (Å²) >= 11 is 0. The molecule has 0 N–H and O–H groups in total. The fraction of sp³-hybridized carbons (Fsp3) is 1.00. The maximum atomic E-state index is 5.51. The lowest BCUT2D eigenvalue weighted by molar-refractivity contribution is -0.120. The Morgan fingerprint density at radius 2 is 1.38 bits per heavy atom. The van der Waals surface area contributed by atoms with Gasteiger partial charge in [0.05, 0.1) is 0 Å². The second-order valence-electron chi connectivity index (χ2n) is 2.83. The standard InChI is InChI=1S/C10H23O2P/c1-5-11-10(12-6-2)9-13(7-3)8-4/h10H,5-9H2,1-4H3. The average Bonchev–Trinajstić information content (AvgIpc) is 2.14. The van der Waals surface area contributed by atoms with E-state index in [1.807, 2.05) is 13.8 Å². The van der Waals surface area contributed by atoms with Crippen molar-refractivity contribution in [2.45, 2.75) is 34.0 Å². The van der Waals surface area contributed by atoms with E-state index in [9.17, 15) is 0 Å². The molecule has 0 aliphatic carbocycles. The van der Waals surface area contributed by atoms with Crippen LogP contribution in [-0.2, 0) is 9.47 Å². The van der Waals surface area contributed by atoms with Gasteiger partial charge in [0, 0.05) is 19.4 Å². The molecule has 13 heavy (non-hydrogen) atoms. The van der Waals surface area contributed by atoms with E-state index in [4.69, 9.17) is 9.47 Å². The Balaban J connectivity index is 3.76. The Kier molecular flexibility index (Phi) is 9.17. The van der Waals surface area contributed by atoms with E-state index in [2.05, 4.69) is 13.8 Å². The molecule has 0 aliphatic heterocycles. The minimum absolute atomic E-state index is 0.0426. The Morgan fingerprint density at radius 3 is 1.69 bits per heavy atom. The first-order valence-electron chi connectivity index (χ1n) is 5.23. The Bertz CT molecular complexity index is 99.1. The molecule has 0 saturated heterocycles. The summed E-state index contributed by atoms with van der Waals surface area (Å²) in [6, 6.07) is 0. The molecule has 0 aromatic heterocycles. The van der Waals surface area contributed by atoms with Crippen molar-refractivity contribution >= 4 is 7.92 Å². The van der Waals surface area contributed by atoms with Gasteiger partial charge in [0.1, 0.15) is 0 Å². The van der Waals surface area contributed by atoms with Crippen molar-refractivity contribution in [3.8, 4) is 0 Å². The molecule has 0 saturated carbocycles. The largest absolute Gasteiger partial charge is 0.353 e. The van der Waals surface area contributed by atoms with Gasteiger partial charge >= 0.3 is 0 Å². The molecule has 0 unspecified atom stereocenters. The van der Waals surface area contributed by atoms with E-state index in [1.165, 1.54) is 12.3 Å². The van der Waals surface area contributed by atoms with Crippen LogP contribution in [0.25, 0.3) is 0 Å². The van der Waals surface area contributed by atoms with Crippen molar-refractivity contribution in [3.63, 3.8) is 0 Å². The van der Waals surface area contributed by atoms with Crippen LogP contribution in [0.5, 0.6) is 0 Å². The van der Waals surface area contributed by atoms with Crippen LogP contribution in [0.15, 0.2) is 0 Å². The third-order valence-corrected chi connectivity index (χ3v) is 4.61. The molecule has 0 aliphatic rings. The molecule has 0 rings (SSSR count). The molecule has 0 radical (unpaired) electrons. The van der Waals surface area contributed by atoms with Gasteiger partial charge in [0.2, 0.25) is 0 Å². The van der Waals surface area contributed by atoms with Gasteiger partial charge in [-0.05, 0) is 26.2 Å². The van der Waals surface area contributed by atoms with Crippen LogP contribution in [0, 0.1) is 0 Å². The number of hydrogen-bond acceptors (Lipinski definition) is 2. The van der Waals surface area contributed by atoms with E-state index in [0.717, 1.165) is 19.4 Å². The third-order valence-electron chi connectivity index (χ3n) is 2.01. The van der Waals surface area contributed by atoms with Crippen LogP contribution in [0.3, 0.4) is 0 Å². The topological polar surface area (TPSA) is 18.5 Å². The molecule has 0 bridgehead atoms. The zero-order chi connectivity index (χ0) is 10.1. The van der Waals surface area contributed by atoms with Gasteiger partial charge in [0.15, 0.2) is 6.29 Å². The first kappa shape index (κ1) is 13.4. The molecule has 0 atom stereocenters. The van der Waals surface area contributed by atoms with E-state index in [0.29, 0.717) is 0 Å². The van der Waals surface area contributed by atoms with Gasteiger partial charge in [-0.15, -0.1) is 7.92 Å². The van der Waals surface area contributed by atoms with E-state index in [-0.39, 0.29) is 14.2 Å². The fourth-order valence-electron chi connectivity index (χ4n) is 1.22. The summed E-state index contributed by atoms with van der Waals surface area (Å²) in [5.74, 6) is 0. The number of rotatable bonds is 8. The smallest absolute Gasteiger partial charge is 0.161 e. The fourth-order valence-corrected chi connectivity index (χ4v) is 2.81. The minimum atomic E-state index is 0.0426. The number of hydrogen-bond donors (Lipinski definition) is 0. The summed E-state index contributed by atoms with van der Waals surface area (Å²) in [4.78, 5) is 0. The van der Waals surface area contributed by atoms with Crippen LogP contribution < -0.4 is 0 Å². The maximum absolute atomic E-state index is 5.51. The summed E-state index contributed by atoms with van der Waals surface area (Å²) in [7, 11) is 0.131. The normalized spacial score (nSPS) is 11.5. The zero-order valence-electron chi connectivity index (χ0n) is 9.38. The lowest BCUT2D eigenvalue weighted by Crippen LogP contribution is -2.21. The SMILES string of the molecule is CCOC(CP(CC)CC)OCC. The highest BCUT2D eigenvalue weighted by Crippen LogP contribution is 2.35. The molecule has 0 fully saturated rings. The highest BCUT2D eigenvalue weighted by molar-refractivity contribution is 7.57. The predicted octanol–water partition coefficient (Wildman–Crippen LogP) is 2.91. The highest BCUT2D eigenvalue weighted by atomic mass is 31.1. The lowest BCUT2D eigenvalue weighted by atomic mass is 10.7. The molecular weight excluding hydrogens is 183 g/mol. The van der Waals surface area contributed by atoms with Crippen molar-refractivity contribution in [2.24, 2.45) is 0 Å². The second-order valence-corrected chi connectivity index (χ2v) is 5.80. The summed E-state index contributed by atoms with van der Waals surface area (Å²) in [5.41, 5.74) is 0.